The van der Waals surface area contributed by atoms with Crippen LogP contribution in [-0.4, -0.2) is 38.0 Å². The van der Waals surface area contributed by atoms with E-state index in [2.05, 4.69) is 34.3 Å². The molecule has 0 aliphatic heterocycles. The number of aromatic nitrogens is 4. The van der Waals surface area contributed by atoms with E-state index >= 15 is 0 Å². The molecule has 2 atom stereocenters. The third kappa shape index (κ3) is 5.76. The summed E-state index contributed by atoms with van der Waals surface area (Å²) in [6, 6.07) is 7.51. The standard InChI is InChI=1S/C21H27N5O3S2/c1-12(2)26-18(14(4)29-17-9-7-16(28-6)8-10-17)24-25-21(26)31-15(5)19(27)23-20-22-13(3)11-30-20/h7-12,14-15H,1-6H3,(H,22,23,27). The van der Waals surface area contributed by atoms with E-state index in [1.807, 2.05) is 55.0 Å². The molecule has 31 heavy (non-hydrogen) atoms. The summed E-state index contributed by atoms with van der Waals surface area (Å²) < 4.78 is 13.3. The molecule has 1 aromatic carbocycles. The summed E-state index contributed by atoms with van der Waals surface area (Å²) in [6.45, 7) is 9.78. The lowest BCUT2D eigenvalue weighted by Crippen LogP contribution is -2.23. The minimum Gasteiger partial charge on any atom is -0.497 e. The van der Waals surface area contributed by atoms with Gasteiger partial charge in [0.05, 0.1) is 18.1 Å². The SMILES string of the molecule is COc1ccc(OC(C)c2nnc(SC(C)C(=O)Nc3nc(C)cs3)n2C(C)C)cc1. The topological polar surface area (TPSA) is 91.2 Å². The molecule has 2 aromatic heterocycles. The Hall–Kier alpha value is -2.59. The van der Waals surface area contributed by atoms with E-state index < -0.39 is 0 Å². The van der Waals surface area contributed by atoms with E-state index in [1.165, 1.54) is 23.1 Å². The lowest BCUT2D eigenvalue weighted by atomic mass is 10.3. The number of anilines is 1. The molecule has 166 valence electrons. The number of methoxy groups -OCH3 is 1. The number of thioether (sulfide) groups is 1. The van der Waals surface area contributed by atoms with Gasteiger partial charge in [0, 0.05) is 11.4 Å². The summed E-state index contributed by atoms with van der Waals surface area (Å²) in [5, 5.41) is 14.4. The Bertz CT molecular complexity index is 1020. The molecule has 0 saturated heterocycles. The minimum atomic E-state index is -0.364. The first-order valence-corrected chi connectivity index (χ1v) is 11.7. The predicted molar refractivity (Wildman–Crippen MR) is 123 cm³/mol. The van der Waals surface area contributed by atoms with Gasteiger partial charge in [-0.15, -0.1) is 21.5 Å². The average molecular weight is 462 g/mol. The van der Waals surface area contributed by atoms with Crippen LogP contribution in [0.15, 0.2) is 34.8 Å². The second kappa shape index (κ2) is 10.1. The zero-order valence-electron chi connectivity index (χ0n) is 18.4. The van der Waals surface area contributed by atoms with Crippen LogP contribution in [0.3, 0.4) is 0 Å². The molecule has 0 spiro atoms. The van der Waals surface area contributed by atoms with E-state index in [0.29, 0.717) is 21.9 Å². The maximum atomic E-state index is 12.6. The van der Waals surface area contributed by atoms with Gasteiger partial charge in [-0.25, -0.2) is 4.98 Å². The summed E-state index contributed by atoms with van der Waals surface area (Å²) in [5.74, 6) is 2.06. The third-order valence-electron chi connectivity index (χ3n) is 4.44. The zero-order chi connectivity index (χ0) is 22.5. The van der Waals surface area contributed by atoms with Crippen LogP contribution in [0, 0.1) is 6.92 Å². The third-order valence-corrected chi connectivity index (χ3v) is 6.38. The zero-order valence-corrected chi connectivity index (χ0v) is 20.1. The van der Waals surface area contributed by atoms with Gasteiger partial charge in [0.1, 0.15) is 11.5 Å². The van der Waals surface area contributed by atoms with Gasteiger partial charge in [-0.3, -0.25) is 4.79 Å². The van der Waals surface area contributed by atoms with E-state index in [4.69, 9.17) is 9.47 Å². The molecule has 2 unspecified atom stereocenters. The number of benzene rings is 1. The number of thiazole rings is 1. The number of nitrogens with one attached hydrogen (secondary N) is 1. The van der Waals surface area contributed by atoms with Gasteiger partial charge in [-0.1, -0.05) is 11.8 Å². The Kier molecular flexibility index (Phi) is 7.55. The summed E-state index contributed by atoms with van der Waals surface area (Å²) >= 11 is 2.78. The van der Waals surface area contributed by atoms with Crippen molar-refractivity contribution in [2.75, 3.05) is 12.4 Å². The molecule has 8 nitrogen and oxygen atoms in total. The van der Waals surface area contributed by atoms with Crippen molar-refractivity contribution in [2.45, 2.75) is 57.2 Å². The van der Waals surface area contributed by atoms with Crippen molar-refractivity contribution >= 4 is 34.1 Å². The lowest BCUT2D eigenvalue weighted by molar-refractivity contribution is -0.115. The van der Waals surface area contributed by atoms with Crippen molar-refractivity contribution < 1.29 is 14.3 Å². The fourth-order valence-electron chi connectivity index (χ4n) is 2.87. The molecule has 10 heteroatoms. The molecule has 3 aromatic rings. The van der Waals surface area contributed by atoms with Crippen LogP contribution in [0.25, 0.3) is 0 Å². The highest BCUT2D eigenvalue weighted by atomic mass is 32.2. The van der Waals surface area contributed by atoms with E-state index in [9.17, 15) is 4.79 Å². The quantitative estimate of drug-likeness (QED) is 0.454. The van der Waals surface area contributed by atoms with Crippen LogP contribution in [0.5, 0.6) is 11.5 Å². The molecule has 1 N–H and O–H groups in total. The van der Waals surface area contributed by atoms with Crippen LogP contribution in [0.4, 0.5) is 5.13 Å². The van der Waals surface area contributed by atoms with Gasteiger partial charge in [0.25, 0.3) is 0 Å². The first-order valence-electron chi connectivity index (χ1n) is 9.93. The molecule has 0 fully saturated rings. The van der Waals surface area contributed by atoms with Crippen LogP contribution < -0.4 is 14.8 Å². The highest BCUT2D eigenvalue weighted by Crippen LogP contribution is 2.30. The number of ether oxygens (including phenoxy) is 2. The molecule has 0 aliphatic carbocycles. The number of hydrogen-bond acceptors (Lipinski definition) is 8. The van der Waals surface area contributed by atoms with Gasteiger partial charge in [-0.2, -0.15) is 0 Å². The fraction of sp³-hybridized carbons (Fsp3) is 0.429. The van der Waals surface area contributed by atoms with Crippen LogP contribution >= 0.6 is 23.1 Å². The highest BCUT2D eigenvalue weighted by molar-refractivity contribution is 8.00. The molecule has 1 amide bonds. The van der Waals surface area contributed by atoms with Gasteiger partial charge < -0.3 is 19.4 Å². The molecule has 0 aliphatic rings. The molecular weight excluding hydrogens is 434 g/mol. The molecule has 2 heterocycles. The second-order valence-electron chi connectivity index (χ2n) is 7.28. The molecular formula is C21H27N5O3S2. The number of rotatable bonds is 9. The molecule has 0 saturated carbocycles. The molecule has 3 rings (SSSR count). The van der Waals surface area contributed by atoms with Crippen molar-refractivity contribution in [2.24, 2.45) is 0 Å². The number of hydrogen-bond donors (Lipinski definition) is 1. The number of nitrogens with zero attached hydrogens (tertiary/aromatic N) is 4. The summed E-state index contributed by atoms with van der Waals surface area (Å²) in [7, 11) is 1.63. The smallest absolute Gasteiger partial charge is 0.239 e. The van der Waals surface area contributed by atoms with Crippen LogP contribution in [0.2, 0.25) is 0 Å². The van der Waals surface area contributed by atoms with Crippen molar-refractivity contribution in [1.29, 1.82) is 0 Å². The average Bonchev–Trinajstić information content (AvgIpc) is 3.34. The maximum absolute atomic E-state index is 12.6. The highest BCUT2D eigenvalue weighted by Gasteiger charge is 2.25. The van der Waals surface area contributed by atoms with Crippen molar-refractivity contribution in [1.82, 2.24) is 19.7 Å². The number of aryl methyl sites for hydroxylation is 1. The van der Waals surface area contributed by atoms with Crippen molar-refractivity contribution in [3.8, 4) is 11.5 Å². The number of carbonyl (C=O) groups is 1. The summed E-state index contributed by atoms with van der Waals surface area (Å²) in [5.41, 5.74) is 0.885. The second-order valence-corrected chi connectivity index (χ2v) is 9.45. The van der Waals surface area contributed by atoms with Crippen molar-refractivity contribution in [3.63, 3.8) is 0 Å². The summed E-state index contributed by atoms with van der Waals surface area (Å²) in [4.78, 5) is 16.9. The van der Waals surface area contributed by atoms with Gasteiger partial charge in [-0.05, 0) is 58.9 Å². The Morgan fingerprint density at radius 2 is 1.81 bits per heavy atom. The predicted octanol–water partition coefficient (Wildman–Crippen LogP) is 4.89. The monoisotopic (exact) mass is 461 g/mol. The fourth-order valence-corrected chi connectivity index (χ4v) is 4.55. The first kappa shape index (κ1) is 23.1. The van der Waals surface area contributed by atoms with E-state index in [0.717, 1.165) is 11.4 Å². The largest absolute Gasteiger partial charge is 0.497 e. The minimum absolute atomic E-state index is 0.103. The number of carbonyl (C=O) groups excluding carboxylic acids is 1. The first-order chi connectivity index (χ1) is 14.8. The van der Waals surface area contributed by atoms with Crippen LogP contribution in [-0.2, 0) is 4.79 Å². The molecule has 0 radical (unpaired) electrons. The molecule has 0 bridgehead atoms. The normalized spacial score (nSPS) is 13.1. The maximum Gasteiger partial charge on any atom is 0.239 e. The van der Waals surface area contributed by atoms with E-state index in [1.54, 1.807) is 7.11 Å². The summed E-state index contributed by atoms with van der Waals surface area (Å²) in [6.07, 6.45) is -0.319. The number of amides is 1. The van der Waals surface area contributed by atoms with Gasteiger partial charge >= 0.3 is 0 Å². The Morgan fingerprint density at radius 3 is 2.39 bits per heavy atom. The van der Waals surface area contributed by atoms with Crippen molar-refractivity contribution in [3.05, 3.63) is 41.2 Å². The Labute approximate surface area is 190 Å². The van der Waals surface area contributed by atoms with Gasteiger partial charge in [0.2, 0.25) is 5.91 Å². The van der Waals surface area contributed by atoms with Crippen LogP contribution in [0.1, 0.15) is 51.4 Å². The Balaban J connectivity index is 1.72. The van der Waals surface area contributed by atoms with E-state index in [-0.39, 0.29) is 23.3 Å². The van der Waals surface area contributed by atoms with Gasteiger partial charge in [0.15, 0.2) is 22.2 Å². The Morgan fingerprint density at radius 1 is 1.13 bits per heavy atom. The lowest BCUT2D eigenvalue weighted by Gasteiger charge is -2.19.